The molecule has 21 heavy (non-hydrogen) atoms. The molecule has 0 aromatic heterocycles. The lowest BCUT2D eigenvalue weighted by molar-refractivity contribution is -0.117. The number of nitrogens with one attached hydrogen (secondary N) is 1. The zero-order valence-corrected chi connectivity index (χ0v) is 12.4. The molecular weight excluding hydrogens is 262 g/mol. The van der Waals surface area contributed by atoms with Crippen LogP contribution in [0.2, 0.25) is 0 Å². The van der Waals surface area contributed by atoms with Crippen molar-refractivity contribution in [2.45, 2.75) is 12.6 Å². The Labute approximate surface area is 125 Å². The minimum atomic E-state index is -0.668. The normalized spacial score (nSPS) is 12.2. The lowest BCUT2D eigenvalue weighted by Crippen LogP contribution is -2.28. The Bertz CT molecular complexity index is 596. The number of carbonyl (C=O) groups excluding carboxylic acids is 1. The van der Waals surface area contributed by atoms with Crippen molar-refractivity contribution in [2.75, 3.05) is 19.4 Å². The van der Waals surface area contributed by atoms with Crippen LogP contribution in [0, 0.1) is 0 Å². The number of carbonyl (C=O) groups is 1. The minimum absolute atomic E-state index is 0.201. The Hall–Kier alpha value is -2.17. The zero-order chi connectivity index (χ0) is 15.2. The van der Waals surface area contributed by atoms with Gasteiger partial charge in [-0.2, -0.15) is 0 Å². The molecule has 3 N–H and O–H groups in total. The maximum absolute atomic E-state index is 12.3. The van der Waals surface area contributed by atoms with Crippen LogP contribution in [-0.2, 0) is 11.3 Å². The average molecular weight is 283 g/mol. The van der Waals surface area contributed by atoms with Crippen LogP contribution in [0.1, 0.15) is 17.2 Å². The summed E-state index contributed by atoms with van der Waals surface area (Å²) in [6.45, 7) is 0.761. The monoisotopic (exact) mass is 283 g/mol. The minimum Gasteiger partial charge on any atom is -0.324 e. The van der Waals surface area contributed by atoms with Crippen molar-refractivity contribution in [3.05, 3.63) is 65.7 Å². The highest BCUT2D eigenvalue weighted by atomic mass is 16.2. The van der Waals surface area contributed by atoms with E-state index >= 15 is 0 Å². The quantitative estimate of drug-likeness (QED) is 0.886. The molecule has 0 aliphatic heterocycles. The molecule has 0 aliphatic rings. The maximum Gasteiger partial charge on any atom is 0.245 e. The van der Waals surface area contributed by atoms with Crippen molar-refractivity contribution in [1.82, 2.24) is 4.90 Å². The van der Waals surface area contributed by atoms with E-state index in [1.807, 2.05) is 68.7 Å². The van der Waals surface area contributed by atoms with Crippen molar-refractivity contribution >= 4 is 11.6 Å². The largest absolute Gasteiger partial charge is 0.324 e. The van der Waals surface area contributed by atoms with E-state index in [1.54, 1.807) is 0 Å². The molecule has 0 aliphatic carbocycles. The fourth-order valence-corrected chi connectivity index (χ4v) is 2.14. The van der Waals surface area contributed by atoms with Crippen LogP contribution >= 0.6 is 0 Å². The van der Waals surface area contributed by atoms with Crippen LogP contribution in [-0.4, -0.2) is 24.9 Å². The van der Waals surface area contributed by atoms with Gasteiger partial charge in [-0.3, -0.25) is 4.79 Å². The van der Waals surface area contributed by atoms with Gasteiger partial charge in [-0.25, -0.2) is 0 Å². The second kappa shape index (κ2) is 7.02. The highest BCUT2D eigenvalue weighted by Gasteiger charge is 2.16. The molecule has 2 aromatic carbocycles. The third kappa shape index (κ3) is 4.15. The summed E-state index contributed by atoms with van der Waals surface area (Å²) < 4.78 is 0. The van der Waals surface area contributed by atoms with Gasteiger partial charge in [-0.15, -0.1) is 0 Å². The molecule has 4 nitrogen and oxygen atoms in total. The van der Waals surface area contributed by atoms with E-state index in [0.717, 1.165) is 23.4 Å². The predicted molar refractivity (Wildman–Crippen MR) is 85.8 cm³/mol. The number of rotatable bonds is 5. The van der Waals surface area contributed by atoms with E-state index < -0.39 is 6.04 Å². The Morgan fingerprint density at radius 3 is 2.38 bits per heavy atom. The first-order valence-corrected chi connectivity index (χ1v) is 6.92. The van der Waals surface area contributed by atoms with Crippen molar-refractivity contribution in [3.8, 4) is 0 Å². The second-order valence-corrected chi connectivity index (χ2v) is 5.27. The summed E-state index contributed by atoms with van der Waals surface area (Å²) >= 11 is 0. The molecule has 0 saturated carbocycles. The van der Waals surface area contributed by atoms with E-state index in [-0.39, 0.29) is 5.91 Å². The molecule has 2 aromatic rings. The number of benzene rings is 2. The van der Waals surface area contributed by atoms with Gasteiger partial charge in [0.25, 0.3) is 0 Å². The Morgan fingerprint density at radius 1 is 1.10 bits per heavy atom. The van der Waals surface area contributed by atoms with Crippen LogP contribution in [0.4, 0.5) is 5.69 Å². The third-order valence-electron chi connectivity index (χ3n) is 3.20. The van der Waals surface area contributed by atoms with Gasteiger partial charge >= 0.3 is 0 Å². The van der Waals surface area contributed by atoms with Crippen molar-refractivity contribution in [2.24, 2.45) is 5.73 Å². The summed E-state index contributed by atoms with van der Waals surface area (Å²) in [4.78, 5) is 14.4. The molecule has 1 atom stereocenters. The maximum atomic E-state index is 12.3. The highest BCUT2D eigenvalue weighted by molar-refractivity contribution is 5.96. The molecule has 0 bridgehead atoms. The Balaban J connectivity index is 2.13. The van der Waals surface area contributed by atoms with Crippen LogP contribution in [0.15, 0.2) is 54.6 Å². The number of amides is 1. The standard InChI is InChI=1S/C17H21N3O/c1-20(2)12-14-10-6-7-11-15(14)19-17(21)16(18)13-8-4-3-5-9-13/h3-11,16H,12,18H2,1-2H3,(H,19,21)/t16-/m1/s1. The third-order valence-corrected chi connectivity index (χ3v) is 3.20. The summed E-state index contributed by atoms with van der Waals surface area (Å²) in [5, 5.41) is 2.92. The Morgan fingerprint density at radius 2 is 1.71 bits per heavy atom. The molecular formula is C17H21N3O. The van der Waals surface area contributed by atoms with Gasteiger partial charge in [0.1, 0.15) is 6.04 Å². The number of anilines is 1. The summed E-state index contributed by atoms with van der Waals surface area (Å²) in [6.07, 6.45) is 0. The van der Waals surface area contributed by atoms with Gasteiger partial charge in [-0.1, -0.05) is 48.5 Å². The fraction of sp³-hybridized carbons (Fsp3) is 0.235. The Kier molecular flexibility index (Phi) is 5.09. The molecule has 2 rings (SSSR count). The summed E-state index contributed by atoms with van der Waals surface area (Å²) in [5.74, 6) is -0.201. The zero-order valence-electron chi connectivity index (χ0n) is 12.4. The number of para-hydroxylation sites is 1. The van der Waals surface area contributed by atoms with Gasteiger partial charge in [0.15, 0.2) is 0 Å². The van der Waals surface area contributed by atoms with Crippen molar-refractivity contribution in [1.29, 1.82) is 0 Å². The van der Waals surface area contributed by atoms with Gasteiger partial charge in [0.05, 0.1) is 0 Å². The van der Waals surface area contributed by atoms with E-state index in [2.05, 4.69) is 10.2 Å². The van der Waals surface area contributed by atoms with Crippen molar-refractivity contribution < 1.29 is 4.79 Å². The van der Waals surface area contributed by atoms with Gasteiger partial charge in [0.2, 0.25) is 5.91 Å². The number of hydrogen-bond donors (Lipinski definition) is 2. The van der Waals surface area contributed by atoms with E-state index in [0.29, 0.717) is 0 Å². The lowest BCUT2D eigenvalue weighted by Gasteiger charge is -2.17. The molecule has 0 radical (unpaired) electrons. The lowest BCUT2D eigenvalue weighted by atomic mass is 10.1. The van der Waals surface area contributed by atoms with Crippen LogP contribution in [0.5, 0.6) is 0 Å². The molecule has 110 valence electrons. The molecule has 0 heterocycles. The van der Waals surface area contributed by atoms with Crippen molar-refractivity contribution in [3.63, 3.8) is 0 Å². The van der Waals surface area contributed by atoms with Crippen LogP contribution in [0.25, 0.3) is 0 Å². The topological polar surface area (TPSA) is 58.4 Å². The number of hydrogen-bond acceptors (Lipinski definition) is 3. The summed E-state index contributed by atoms with van der Waals surface area (Å²) in [5.41, 5.74) is 8.69. The molecule has 4 heteroatoms. The van der Waals surface area contributed by atoms with E-state index in [9.17, 15) is 4.79 Å². The molecule has 1 amide bonds. The average Bonchev–Trinajstić information content (AvgIpc) is 2.49. The second-order valence-electron chi connectivity index (χ2n) is 5.27. The first-order chi connectivity index (χ1) is 10.1. The van der Waals surface area contributed by atoms with Crippen LogP contribution < -0.4 is 11.1 Å². The first-order valence-electron chi connectivity index (χ1n) is 6.92. The smallest absolute Gasteiger partial charge is 0.245 e. The first kappa shape index (κ1) is 15.2. The summed E-state index contributed by atoms with van der Waals surface area (Å²) in [6, 6.07) is 16.5. The van der Waals surface area contributed by atoms with Gasteiger partial charge < -0.3 is 16.0 Å². The van der Waals surface area contributed by atoms with E-state index in [4.69, 9.17) is 5.73 Å². The molecule has 0 spiro atoms. The number of nitrogens with zero attached hydrogens (tertiary/aromatic N) is 1. The fourth-order valence-electron chi connectivity index (χ4n) is 2.14. The predicted octanol–water partition coefficient (Wildman–Crippen LogP) is 2.39. The SMILES string of the molecule is CN(C)Cc1ccccc1NC(=O)[C@H](N)c1ccccc1. The van der Waals surface area contributed by atoms with Crippen LogP contribution in [0.3, 0.4) is 0 Å². The molecule has 0 fully saturated rings. The molecule has 0 unspecified atom stereocenters. The number of nitrogens with two attached hydrogens (primary N) is 1. The molecule has 0 saturated heterocycles. The van der Waals surface area contributed by atoms with E-state index in [1.165, 1.54) is 0 Å². The van der Waals surface area contributed by atoms with Gasteiger partial charge in [-0.05, 0) is 31.3 Å². The van der Waals surface area contributed by atoms with Gasteiger partial charge in [0, 0.05) is 12.2 Å². The summed E-state index contributed by atoms with van der Waals surface area (Å²) in [7, 11) is 3.99. The highest BCUT2D eigenvalue weighted by Crippen LogP contribution is 2.19.